The zero-order chi connectivity index (χ0) is 14.9. The molecule has 2 heterocycles. The maximum Gasteiger partial charge on any atom is 0.410 e. The molecule has 3 rings (SSSR count). The number of ether oxygens (including phenoxy) is 1. The van der Waals surface area contributed by atoms with Crippen molar-refractivity contribution in [1.82, 2.24) is 10.2 Å². The molecule has 2 N–H and O–H groups in total. The lowest BCUT2D eigenvalue weighted by atomic mass is 9.80. The number of phenols is 1. The minimum absolute atomic E-state index is 0.223. The highest BCUT2D eigenvalue weighted by Crippen LogP contribution is 2.37. The summed E-state index contributed by atoms with van der Waals surface area (Å²) in [4.78, 5) is 13.9. The Bertz CT molecular complexity index is 528. The van der Waals surface area contributed by atoms with Gasteiger partial charge in [-0.1, -0.05) is 18.2 Å². The number of cyclic esters (lactones) is 1. The monoisotopic (exact) mass is 290 g/mol. The lowest BCUT2D eigenvalue weighted by Gasteiger charge is -2.41. The zero-order valence-electron chi connectivity index (χ0n) is 12.3. The third-order valence-corrected chi connectivity index (χ3v) is 4.82. The Hall–Kier alpha value is -1.75. The molecule has 1 aromatic rings. The van der Waals surface area contributed by atoms with Gasteiger partial charge >= 0.3 is 6.09 Å². The molecule has 0 spiro atoms. The number of piperidine rings is 1. The normalized spacial score (nSPS) is 29.5. The maximum absolute atomic E-state index is 12.1. The Morgan fingerprint density at radius 3 is 3.00 bits per heavy atom. The number of carbonyl (C=O) groups is 1. The molecule has 2 saturated heterocycles. The highest BCUT2D eigenvalue weighted by Gasteiger charge is 2.49. The van der Waals surface area contributed by atoms with Gasteiger partial charge in [-0.05, 0) is 38.3 Å². The quantitative estimate of drug-likeness (QED) is 0.895. The first-order valence-electron chi connectivity index (χ1n) is 7.53. The molecule has 5 nitrogen and oxygen atoms in total. The molecule has 0 aliphatic carbocycles. The molecule has 2 fully saturated rings. The van der Waals surface area contributed by atoms with Crippen LogP contribution < -0.4 is 5.32 Å². The molecule has 1 aromatic carbocycles. The van der Waals surface area contributed by atoms with Crippen LogP contribution in [0.25, 0.3) is 0 Å². The van der Waals surface area contributed by atoms with Gasteiger partial charge in [0, 0.05) is 12.1 Å². The second-order valence-corrected chi connectivity index (χ2v) is 6.17. The molecule has 0 saturated carbocycles. The van der Waals surface area contributed by atoms with E-state index in [1.165, 1.54) is 0 Å². The molecule has 2 aliphatic heterocycles. The lowest BCUT2D eigenvalue weighted by molar-refractivity contribution is 0.0917. The lowest BCUT2D eigenvalue weighted by Crippen LogP contribution is -2.54. The first-order chi connectivity index (χ1) is 10.1. The van der Waals surface area contributed by atoms with Crippen LogP contribution in [0, 0.1) is 5.92 Å². The van der Waals surface area contributed by atoms with E-state index in [0.717, 1.165) is 31.5 Å². The standard InChI is InChI=1S/C16H22N2O3/c1-16(13-6-4-8-17-9-13)11-21-15(20)18(16)10-12-5-2-3-7-14(12)19/h2-3,5,7,13,17,19H,4,6,8-11H2,1H3. The van der Waals surface area contributed by atoms with Crippen molar-refractivity contribution in [2.45, 2.75) is 31.8 Å². The van der Waals surface area contributed by atoms with Crippen LogP contribution >= 0.6 is 0 Å². The van der Waals surface area contributed by atoms with Crippen LogP contribution in [0.2, 0.25) is 0 Å². The van der Waals surface area contributed by atoms with Gasteiger partial charge in [-0.25, -0.2) is 4.79 Å². The van der Waals surface area contributed by atoms with Gasteiger partial charge in [0.25, 0.3) is 0 Å². The van der Waals surface area contributed by atoms with Crippen molar-refractivity contribution >= 4 is 6.09 Å². The summed E-state index contributed by atoms with van der Waals surface area (Å²) in [6.45, 7) is 4.85. The molecular weight excluding hydrogens is 268 g/mol. The van der Waals surface area contributed by atoms with E-state index in [0.29, 0.717) is 19.1 Å². The van der Waals surface area contributed by atoms with Gasteiger partial charge in [-0.2, -0.15) is 0 Å². The maximum atomic E-state index is 12.1. The van der Waals surface area contributed by atoms with Crippen LogP contribution in [-0.2, 0) is 11.3 Å². The van der Waals surface area contributed by atoms with Crippen molar-refractivity contribution in [3.8, 4) is 5.75 Å². The van der Waals surface area contributed by atoms with Crippen LogP contribution in [-0.4, -0.2) is 41.3 Å². The van der Waals surface area contributed by atoms with E-state index >= 15 is 0 Å². The van der Waals surface area contributed by atoms with E-state index in [2.05, 4.69) is 12.2 Å². The number of aromatic hydroxyl groups is 1. The fourth-order valence-electron chi connectivity index (χ4n) is 3.35. The number of phenolic OH excluding ortho intramolecular Hbond substituents is 1. The number of nitrogens with zero attached hydrogens (tertiary/aromatic N) is 1. The summed E-state index contributed by atoms with van der Waals surface area (Å²) >= 11 is 0. The topological polar surface area (TPSA) is 61.8 Å². The van der Waals surface area contributed by atoms with Gasteiger partial charge in [-0.3, -0.25) is 4.90 Å². The minimum atomic E-state index is -0.313. The van der Waals surface area contributed by atoms with Crippen molar-refractivity contribution in [2.24, 2.45) is 5.92 Å². The average molecular weight is 290 g/mol. The predicted octanol–water partition coefficient (Wildman–Crippen LogP) is 2.10. The molecule has 0 aromatic heterocycles. The van der Waals surface area contributed by atoms with Gasteiger partial charge in [0.1, 0.15) is 12.4 Å². The number of carbonyl (C=O) groups excluding carboxylic acids is 1. The summed E-state index contributed by atoms with van der Waals surface area (Å²) in [5.41, 5.74) is 0.443. The summed E-state index contributed by atoms with van der Waals surface area (Å²) in [6.07, 6.45) is 1.93. The zero-order valence-corrected chi connectivity index (χ0v) is 12.3. The summed E-state index contributed by atoms with van der Waals surface area (Å²) in [7, 11) is 0. The minimum Gasteiger partial charge on any atom is -0.508 e. The molecule has 0 radical (unpaired) electrons. The highest BCUT2D eigenvalue weighted by molar-refractivity contribution is 5.71. The number of nitrogens with one attached hydrogen (secondary N) is 1. The van der Waals surface area contributed by atoms with E-state index in [1.54, 1.807) is 17.0 Å². The summed E-state index contributed by atoms with van der Waals surface area (Å²) in [5.74, 6) is 0.602. The van der Waals surface area contributed by atoms with Crippen LogP contribution in [0.15, 0.2) is 24.3 Å². The number of hydrogen-bond acceptors (Lipinski definition) is 4. The van der Waals surface area contributed by atoms with Gasteiger partial charge in [0.05, 0.1) is 12.1 Å². The molecule has 1 amide bonds. The van der Waals surface area contributed by atoms with Crippen LogP contribution in [0.3, 0.4) is 0 Å². The smallest absolute Gasteiger partial charge is 0.410 e. The molecule has 5 heteroatoms. The van der Waals surface area contributed by atoms with Gasteiger partial charge < -0.3 is 15.2 Å². The molecule has 0 bridgehead atoms. The summed E-state index contributed by atoms with van der Waals surface area (Å²) < 4.78 is 5.32. The Labute approximate surface area is 124 Å². The van der Waals surface area contributed by atoms with Crippen LogP contribution in [0.5, 0.6) is 5.75 Å². The first-order valence-corrected chi connectivity index (χ1v) is 7.53. The van der Waals surface area contributed by atoms with Crippen molar-refractivity contribution < 1.29 is 14.6 Å². The fourth-order valence-corrected chi connectivity index (χ4v) is 3.35. The van der Waals surface area contributed by atoms with E-state index in [-0.39, 0.29) is 17.4 Å². The van der Waals surface area contributed by atoms with Crippen LogP contribution in [0.1, 0.15) is 25.3 Å². The molecule has 2 aliphatic rings. The number of amides is 1. The third kappa shape index (κ3) is 2.58. The Kier molecular flexibility index (Phi) is 3.76. The second-order valence-electron chi connectivity index (χ2n) is 6.17. The van der Waals surface area contributed by atoms with E-state index < -0.39 is 0 Å². The Balaban J connectivity index is 1.83. The molecular formula is C16H22N2O3. The van der Waals surface area contributed by atoms with Crippen molar-refractivity contribution in [3.05, 3.63) is 29.8 Å². The Morgan fingerprint density at radius 1 is 1.48 bits per heavy atom. The molecule has 21 heavy (non-hydrogen) atoms. The van der Waals surface area contributed by atoms with E-state index in [9.17, 15) is 9.90 Å². The largest absolute Gasteiger partial charge is 0.508 e. The molecule has 2 unspecified atom stereocenters. The second kappa shape index (κ2) is 5.56. The van der Waals surface area contributed by atoms with Gasteiger partial charge in [0.2, 0.25) is 0 Å². The third-order valence-electron chi connectivity index (χ3n) is 4.82. The number of rotatable bonds is 3. The number of benzene rings is 1. The van der Waals surface area contributed by atoms with Crippen molar-refractivity contribution in [2.75, 3.05) is 19.7 Å². The van der Waals surface area contributed by atoms with Crippen LogP contribution in [0.4, 0.5) is 4.79 Å². The van der Waals surface area contributed by atoms with Gasteiger partial charge in [-0.15, -0.1) is 0 Å². The van der Waals surface area contributed by atoms with E-state index in [1.807, 2.05) is 12.1 Å². The average Bonchev–Trinajstić information content (AvgIpc) is 2.80. The van der Waals surface area contributed by atoms with Gasteiger partial charge in [0.15, 0.2) is 0 Å². The molecule has 114 valence electrons. The number of para-hydroxylation sites is 1. The summed E-state index contributed by atoms with van der Waals surface area (Å²) in [6, 6.07) is 7.15. The first kappa shape index (κ1) is 14.2. The highest BCUT2D eigenvalue weighted by atomic mass is 16.6. The van der Waals surface area contributed by atoms with E-state index in [4.69, 9.17) is 4.74 Å². The SMILES string of the molecule is CC1(C2CCCNC2)COC(=O)N1Cc1ccccc1O. The summed E-state index contributed by atoms with van der Waals surface area (Å²) in [5, 5.41) is 13.4. The fraction of sp³-hybridized carbons (Fsp3) is 0.562. The number of hydrogen-bond donors (Lipinski definition) is 2. The molecule has 2 atom stereocenters. The van der Waals surface area contributed by atoms with Crippen molar-refractivity contribution in [1.29, 1.82) is 0 Å². The Morgan fingerprint density at radius 2 is 2.29 bits per heavy atom. The predicted molar refractivity (Wildman–Crippen MR) is 79.0 cm³/mol. The van der Waals surface area contributed by atoms with Crippen molar-refractivity contribution in [3.63, 3.8) is 0 Å².